The van der Waals surface area contributed by atoms with Crippen LogP contribution in [0.15, 0.2) is 0 Å². The van der Waals surface area contributed by atoms with Gasteiger partial charge < -0.3 is 16.8 Å². The number of likely N-dealkylation sites (tertiary alicyclic amines) is 1. The third kappa shape index (κ3) is 3.85. The molecule has 5 N–H and O–H groups in total. The highest BCUT2D eigenvalue weighted by Gasteiger charge is 2.27. The van der Waals surface area contributed by atoms with Crippen molar-refractivity contribution in [1.82, 2.24) is 10.2 Å². The van der Waals surface area contributed by atoms with Crippen LogP contribution in [0.25, 0.3) is 0 Å². The second-order valence-corrected chi connectivity index (χ2v) is 3.76. The molecule has 15 heavy (non-hydrogen) atoms. The summed E-state index contributed by atoms with van der Waals surface area (Å²) < 4.78 is 0. The first kappa shape index (κ1) is 11.9. The molecular weight excluding hydrogens is 196 g/mol. The van der Waals surface area contributed by atoms with Gasteiger partial charge in [-0.1, -0.05) is 0 Å². The van der Waals surface area contributed by atoms with Gasteiger partial charge in [-0.3, -0.25) is 14.5 Å². The normalized spacial score (nSPS) is 21.5. The Balaban J connectivity index is 2.23. The number of primary amides is 1. The van der Waals surface area contributed by atoms with E-state index in [1.54, 1.807) is 0 Å². The molecule has 1 heterocycles. The molecule has 6 heteroatoms. The summed E-state index contributed by atoms with van der Waals surface area (Å²) in [4.78, 5) is 24.1. The molecule has 1 aliphatic rings. The minimum Gasteiger partial charge on any atom is -0.369 e. The third-order valence-electron chi connectivity index (χ3n) is 2.51. The lowest BCUT2D eigenvalue weighted by atomic mass is 10.1. The number of rotatable bonds is 5. The van der Waals surface area contributed by atoms with Gasteiger partial charge in [-0.05, 0) is 13.0 Å². The first-order chi connectivity index (χ1) is 7.13. The predicted octanol–water partition coefficient (Wildman–Crippen LogP) is -2.13. The Morgan fingerprint density at radius 1 is 1.47 bits per heavy atom. The molecular formula is C9H18N4O2. The van der Waals surface area contributed by atoms with Crippen LogP contribution >= 0.6 is 0 Å². The number of hydrogen-bond acceptors (Lipinski definition) is 4. The van der Waals surface area contributed by atoms with E-state index in [-0.39, 0.29) is 17.7 Å². The zero-order chi connectivity index (χ0) is 11.3. The molecule has 1 unspecified atom stereocenters. The van der Waals surface area contributed by atoms with Crippen LogP contribution in [0.1, 0.15) is 6.42 Å². The lowest BCUT2D eigenvalue weighted by molar-refractivity contribution is -0.123. The van der Waals surface area contributed by atoms with Crippen molar-refractivity contribution < 1.29 is 9.59 Å². The van der Waals surface area contributed by atoms with Gasteiger partial charge in [-0.2, -0.15) is 0 Å². The summed E-state index contributed by atoms with van der Waals surface area (Å²) >= 11 is 0. The Bertz CT molecular complexity index is 244. The van der Waals surface area contributed by atoms with Crippen LogP contribution in [-0.4, -0.2) is 49.4 Å². The van der Waals surface area contributed by atoms with Gasteiger partial charge in [-0.15, -0.1) is 0 Å². The van der Waals surface area contributed by atoms with E-state index in [9.17, 15) is 9.59 Å². The summed E-state index contributed by atoms with van der Waals surface area (Å²) in [6.45, 7) is 2.60. The molecule has 1 saturated heterocycles. The Hall–Kier alpha value is -1.14. The van der Waals surface area contributed by atoms with Crippen LogP contribution < -0.4 is 16.8 Å². The minimum absolute atomic E-state index is 0.0504. The van der Waals surface area contributed by atoms with Crippen LogP contribution in [-0.2, 0) is 9.59 Å². The number of nitrogens with zero attached hydrogens (tertiary/aromatic N) is 1. The second-order valence-electron chi connectivity index (χ2n) is 3.76. The summed E-state index contributed by atoms with van der Waals surface area (Å²) in [6, 6.07) is 0. The Morgan fingerprint density at radius 2 is 2.20 bits per heavy atom. The monoisotopic (exact) mass is 214 g/mol. The van der Waals surface area contributed by atoms with Crippen molar-refractivity contribution in [3.8, 4) is 0 Å². The van der Waals surface area contributed by atoms with E-state index in [1.165, 1.54) is 0 Å². The third-order valence-corrected chi connectivity index (χ3v) is 2.51. The zero-order valence-corrected chi connectivity index (χ0v) is 8.74. The van der Waals surface area contributed by atoms with Crippen LogP contribution in [0, 0.1) is 5.92 Å². The van der Waals surface area contributed by atoms with Gasteiger partial charge in [0.1, 0.15) is 0 Å². The number of amides is 2. The van der Waals surface area contributed by atoms with Gasteiger partial charge in [-0.25, -0.2) is 0 Å². The quantitative estimate of drug-likeness (QED) is 0.486. The van der Waals surface area contributed by atoms with E-state index in [0.29, 0.717) is 26.2 Å². The van der Waals surface area contributed by atoms with Crippen LogP contribution in [0.3, 0.4) is 0 Å². The predicted molar refractivity (Wildman–Crippen MR) is 55.8 cm³/mol. The number of nitrogens with two attached hydrogens (primary N) is 2. The van der Waals surface area contributed by atoms with Crippen LogP contribution in [0.5, 0.6) is 0 Å². The summed E-state index contributed by atoms with van der Waals surface area (Å²) in [5.74, 6) is -0.433. The fourth-order valence-electron chi connectivity index (χ4n) is 1.68. The van der Waals surface area contributed by atoms with E-state index in [1.807, 2.05) is 4.90 Å². The molecule has 0 aromatic rings. The maximum atomic E-state index is 11.3. The van der Waals surface area contributed by atoms with E-state index < -0.39 is 0 Å². The highest BCUT2D eigenvalue weighted by molar-refractivity contribution is 5.79. The average molecular weight is 214 g/mol. The molecule has 0 saturated carbocycles. The van der Waals surface area contributed by atoms with Crippen molar-refractivity contribution in [3.63, 3.8) is 0 Å². The lowest BCUT2D eigenvalue weighted by Crippen LogP contribution is -2.38. The van der Waals surface area contributed by atoms with Crippen molar-refractivity contribution in [1.29, 1.82) is 0 Å². The van der Waals surface area contributed by atoms with E-state index >= 15 is 0 Å². The summed E-state index contributed by atoms with van der Waals surface area (Å²) in [5, 5.41) is 2.68. The zero-order valence-electron chi connectivity index (χ0n) is 8.74. The molecule has 1 rings (SSSR count). The van der Waals surface area contributed by atoms with Crippen molar-refractivity contribution in [2.45, 2.75) is 6.42 Å². The van der Waals surface area contributed by atoms with Gasteiger partial charge in [0.2, 0.25) is 11.8 Å². The average Bonchev–Trinajstić information content (AvgIpc) is 2.63. The molecule has 1 atom stereocenters. The largest absolute Gasteiger partial charge is 0.369 e. The highest BCUT2D eigenvalue weighted by Crippen LogP contribution is 2.14. The standard InChI is InChI=1S/C9H18N4O2/c10-2-3-12-8(14)6-13-4-1-7(5-13)9(11)15/h7H,1-6,10H2,(H2,11,15)(H,12,14). The Labute approximate surface area is 89.0 Å². The van der Waals surface area contributed by atoms with Gasteiger partial charge in [0.15, 0.2) is 0 Å². The molecule has 2 amide bonds. The minimum atomic E-state index is -0.278. The molecule has 0 bridgehead atoms. The SMILES string of the molecule is NCCNC(=O)CN1CCC(C(N)=O)C1. The van der Waals surface area contributed by atoms with Gasteiger partial charge in [0.25, 0.3) is 0 Å². The molecule has 0 aromatic heterocycles. The highest BCUT2D eigenvalue weighted by atomic mass is 16.2. The van der Waals surface area contributed by atoms with Crippen LogP contribution in [0.4, 0.5) is 0 Å². The first-order valence-electron chi connectivity index (χ1n) is 5.12. The second kappa shape index (κ2) is 5.67. The summed E-state index contributed by atoms with van der Waals surface area (Å²) in [5.41, 5.74) is 10.4. The fourth-order valence-corrected chi connectivity index (χ4v) is 1.68. The maximum Gasteiger partial charge on any atom is 0.234 e. The van der Waals surface area contributed by atoms with Crippen molar-refractivity contribution >= 4 is 11.8 Å². The van der Waals surface area contributed by atoms with Crippen molar-refractivity contribution in [2.24, 2.45) is 17.4 Å². The first-order valence-corrected chi connectivity index (χ1v) is 5.12. The Kier molecular flexibility index (Phi) is 4.51. The molecule has 6 nitrogen and oxygen atoms in total. The van der Waals surface area contributed by atoms with E-state index in [0.717, 1.165) is 13.0 Å². The maximum absolute atomic E-state index is 11.3. The summed E-state index contributed by atoms with van der Waals surface area (Å²) in [6.07, 6.45) is 0.750. The molecule has 0 aromatic carbocycles. The molecule has 1 fully saturated rings. The molecule has 86 valence electrons. The van der Waals surface area contributed by atoms with Gasteiger partial charge in [0, 0.05) is 19.6 Å². The number of nitrogens with one attached hydrogen (secondary N) is 1. The van der Waals surface area contributed by atoms with Crippen molar-refractivity contribution in [3.05, 3.63) is 0 Å². The molecule has 0 radical (unpaired) electrons. The van der Waals surface area contributed by atoms with E-state index in [4.69, 9.17) is 11.5 Å². The van der Waals surface area contributed by atoms with Crippen molar-refractivity contribution in [2.75, 3.05) is 32.7 Å². The number of carbonyl (C=O) groups is 2. The number of carbonyl (C=O) groups excluding carboxylic acids is 2. The molecule has 0 spiro atoms. The molecule has 1 aliphatic heterocycles. The lowest BCUT2D eigenvalue weighted by Gasteiger charge is -2.14. The van der Waals surface area contributed by atoms with Crippen LogP contribution in [0.2, 0.25) is 0 Å². The summed E-state index contributed by atoms with van der Waals surface area (Å²) in [7, 11) is 0. The number of hydrogen-bond donors (Lipinski definition) is 3. The smallest absolute Gasteiger partial charge is 0.234 e. The van der Waals surface area contributed by atoms with E-state index in [2.05, 4.69) is 5.32 Å². The van der Waals surface area contributed by atoms with Gasteiger partial charge in [0.05, 0.1) is 12.5 Å². The molecule has 0 aliphatic carbocycles. The fraction of sp³-hybridized carbons (Fsp3) is 0.778. The topological polar surface area (TPSA) is 101 Å². The van der Waals surface area contributed by atoms with Gasteiger partial charge >= 0.3 is 0 Å². The Morgan fingerprint density at radius 3 is 2.73 bits per heavy atom.